The van der Waals surface area contributed by atoms with Crippen LogP contribution in [0.25, 0.3) is 0 Å². The second kappa shape index (κ2) is 19.5. The van der Waals surface area contributed by atoms with Crippen molar-refractivity contribution in [1.29, 1.82) is 0 Å². The molecule has 0 aliphatic rings. The molecule has 0 amide bonds. The first-order chi connectivity index (χ1) is 9.34. The summed E-state index contributed by atoms with van der Waals surface area (Å²) in [6, 6.07) is 0. The van der Waals surface area contributed by atoms with Crippen LogP contribution in [0.2, 0.25) is 0 Å². The Morgan fingerprint density at radius 3 is 0.762 bits per heavy atom. The minimum atomic E-state index is -0.877. The third-order valence-corrected chi connectivity index (χ3v) is 1.73. The number of carboxylic acids is 3. The summed E-state index contributed by atoms with van der Waals surface area (Å²) in [5.74, 6) is -2.63. The Balaban J connectivity index is -0.0000000944. The Bertz CT molecular complexity index is 237. The Morgan fingerprint density at radius 1 is 0.714 bits per heavy atom. The molecule has 0 saturated carbocycles. The maximum atomic E-state index is 9.62. The minimum absolute atomic E-state index is 0.537. The lowest BCUT2D eigenvalue weighted by Crippen LogP contribution is -2.06. The van der Waals surface area contributed by atoms with Gasteiger partial charge in [-0.15, -0.1) is 0 Å². The van der Waals surface area contributed by atoms with Gasteiger partial charge in [0.05, 0.1) is 15.7 Å². The molecule has 0 aliphatic carbocycles. The summed E-state index contributed by atoms with van der Waals surface area (Å²) in [6.45, 7) is 8.77. The van der Waals surface area contributed by atoms with Crippen LogP contribution in [-0.4, -0.2) is 49.0 Å². The fourth-order valence-electron chi connectivity index (χ4n) is 0. The molecule has 0 bridgehead atoms. The highest BCUT2D eigenvalue weighted by atomic mass is 32.1. The summed E-state index contributed by atoms with van der Waals surface area (Å²) in [4.78, 5) is 28.9. The number of carbonyl (C=O) groups is 3. The fourth-order valence-corrected chi connectivity index (χ4v) is 0. The normalized spacial score (nSPS) is 12.6. The lowest BCUT2D eigenvalue weighted by Gasteiger charge is -1.88. The van der Waals surface area contributed by atoms with Gasteiger partial charge in [-0.05, 0) is 20.8 Å². The molecule has 0 aromatic carbocycles. The molecule has 0 aromatic heterocycles. The van der Waals surface area contributed by atoms with Crippen molar-refractivity contribution < 1.29 is 29.7 Å². The van der Waals surface area contributed by atoms with Gasteiger partial charge in [0.1, 0.15) is 0 Å². The standard InChI is InChI=1S/3C3H6O2S.C3H8/c3*1-2(6)3(4)5;1-3-2/h3*2,6H,1H3,(H,4,5);3H2,1-2H3. The number of carboxylic acid groups (broad SMARTS) is 3. The predicted molar refractivity (Wildman–Crippen MR) is 94.2 cm³/mol. The Hall–Kier alpha value is -0.540. The number of hydrogen-bond donors (Lipinski definition) is 6. The van der Waals surface area contributed by atoms with Crippen LogP contribution in [0.3, 0.4) is 0 Å². The first-order valence-corrected chi connectivity index (χ1v) is 7.62. The molecule has 0 aromatic rings. The van der Waals surface area contributed by atoms with E-state index in [0.29, 0.717) is 0 Å². The molecule has 21 heavy (non-hydrogen) atoms. The second-order valence-corrected chi connectivity index (χ2v) is 6.07. The molecular weight excluding hydrogens is 336 g/mol. The van der Waals surface area contributed by atoms with Crippen LogP contribution in [0.15, 0.2) is 0 Å². The van der Waals surface area contributed by atoms with E-state index in [2.05, 4.69) is 51.7 Å². The zero-order valence-electron chi connectivity index (χ0n) is 12.8. The van der Waals surface area contributed by atoms with Crippen molar-refractivity contribution in [3.8, 4) is 0 Å². The topological polar surface area (TPSA) is 112 Å². The SMILES string of the molecule is CC(S)C(=O)O.CC(S)C(=O)O.CC(S)C(=O)O.CCC. The van der Waals surface area contributed by atoms with Crippen LogP contribution in [-0.2, 0) is 14.4 Å². The summed E-state index contributed by atoms with van der Waals surface area (Å²) >= 11 is 10.8. The molecule has 0 radical (unpaired) electrons. The zero-order chi connectivity index (χ0) is 18.2. The van der Waals surface area contributed by atoms with Gasteiger partial charge >= 0.3 is 17.9 Å². The van der Waals surface area contributed by atoms with E-state index < -0.39 is 33.7 Å². The fraction of sp³-hybridized carbons (Fsp3) is 0.750. The van der Waals surface area contributed by atoms with Crippen molar-refractivity contribution in [3.05, 3.63) is 0 Å². The molecule has 3 N–H and O–H groups in total. The summed E-state index contributed by atoms with van der Waals surface area (Å²) < 4.78 is 0. The quantitative estimate of drug-likeness (QED) is 0.430. The van der Waals surface area contributed by atoms with Crippen molar-refractivity contribution in [2.45, 2.75) is 56.8 Å². The van der Waals surface area contributed by atoms with E-state index in [9.17, 15) is 14.4 Å². The molecule has 0 spiro atoms. The van der Waals surface area contributed by atoms with Crippen molar-refractivity contribution >= 4 is 55.8 Å². The Labute approximate surface area is 142 Å². The minimum Gasteiger partial charge on any atom is -0.480 e. The molecule has 6 nitrogen and oxygen atoms in total. The van der Waals surface area contributed by atoms with Gasteiger partial charge in [0.2, 0.25) is 0 Å². The highest BCUT2D eigenvalue weighted by Gasteiger charge is 2.01. The maximum absolute atomic E-state index is 9.62. The van der Waals surface area contributed by atoms with Gasteiger partial charge in [0.25, 0.3) is 0 Å². The van der Waals surface area contributed by atoms with Crippen LogP contribution in [0.1, 0.15) is 41.0 Å². The molecule has 0 saturated heterocycles. The van der Waals surface area contributed by atoms with Gasteiger partial charge in [-0.25, -0.2) is 0 Å². The van der Waals surface area contributed by atoms with Crippen LogP contribution in [0.4, 0.5) is 0 Å². The zero-order valence-corrected chi connectivity index (χ0v) is 15.5. The highest BCUT2D eigenvalue weighted by molar-refractivity contribution is 7.82. The lowest BCUT2D eigenvalue weighted by atomic mass is 10.5. The smallest absolute Gasteiger partial charge is 0.316 e. The van der Waals surface area contributed by atoms with Crippen molar-refractivity contribution in [3.63, 3.8) is 0 Å². The van der Waals surface area contributed by atoms with E-state index in [0.717, 1.165) is 0 Å². The third-order valence-electron chi connectivity index (χ3n) is 1.07. The van der Waals surface area contributed by atoms with Crippen molar-refractivity contribution in [2.75, 3.05) is 0 Å². The molecular formula is C12H26O6S3. The van der Waals surface area contributed by atoms with E-state index in [1.165, 1.54) is 27.2 Å². The summed E-state index contributed by atoms with van der Waals surface area (Å²) in [7, 11) is 0. The van der Waals surface area contributed by atoms with E-state index in [-0.39, 0.29) is 0 Å². The molecule has 9 heteroatoms. The third kappa shape index (κ3) is 45.2. The maximum Gasteiger partial charge on any atom is 0.316 e. The first kappa shape index (κ1) is 28.6. The van der Waals surface area contributed by atoms with Gasteiger partial charge in [-0.1, -0.05) is 20.3 Å². The largest absolute Gasteiger partial charge is 0.480 e. The van der Waals surface area contributed by atoms with E-state index >= 15 is 0 Å². The molecule has 0 heterocycles. The number of rotatable bonds is 3. The Morgan fingerprint density at radius 2 is 0.762 bits per heavy atom. The molecule has 3 atom stereocenters. The summed E-state index contributed by atoms with van der Waals surface area (Å²) in [6.07, 6.45) is 1.25. The van der Waals surface area contributed by atoms with Crippen molar-refractivity contribution in [2.24, 2.45) is 0 Å². The summed E-state index contributed by atoms with van der Waals surface area (Å²) in [5.41, 5.74) is 0. The summed E-state index contributed by atoms with van der Waals surface area (Å²) in [5, 5.41) is 22.1. The average Bonchev–Trinajstić information content (AvgIpc) is 2.30. The highest BCUT2D eigenvalue weighted by Crippen LogP contribution is 1.89. The second-order valence-electron chi connectivity index (χ2n) is 3.75. The Kier molecular flexibility index (Phi) is 26.5. The molecule has 0 aliphatic heterocycles. The monoisotopic (exact) mass is 362 g/mol. The van der Waals surface area contributed by atoms with E-state index in [1.54, 1.807) is 0 Å². The predicted octanol–water partition coefficient (Wildman–Crippen LogP) is 2.58. The van der Waals surface area contributed by atoms with E-state index in [4.69, 9.17) is 15.3 Å². The molecule has 0 fully saturated rings. The van der Waals surface area contributed by atoms with Gasteiger partial charge in [0, 0.05) is 0 Å². The lowest BCUT2D eigenvalue weighted by molar-refractivity contribution is -0.137. The van der Waals surface area contributed by atoms with Crippen LogP contribution >= 0.6 is 37.9 Å². The van der Waals surface area contributed by atoms with Crippen LogP contribution < -0.4 is 0 Å². The number of aliphatic carboxylic acids is 3. The van der Waals surface area contributed by atoms with Crippen molar-refractivity contribution in [1.82, 2.24) is 0 Å². The first-order valence-electron chi connectivity index (χ1n) is 6.07. The molecule has 3 unspecified atom stereocenters. The van der Waals surface area contributed by atoms with Gasteiger partial charge < -0.3 is 15.3 Å². The van der Waals surface area contributed by atoms with E-state index in [1.807, 2.05) is 0 Å². The molecule has 128 valence electrons. The van der Waals surface area contributed by atoms with Gasteiger partial charge in [0.15, 0.2) is 0 Å². The van der Waals surface area contributed by atoms with Crippen LogP contribution in [0.5, 0.6) is 0 Å². The number of hydrogen-bond acceptors (Lipinski definition) is 6. The van der Waals surface area contributed by atoms with Gasteiger partial charge in [-0.2, -0.15) is 37.9 Å². The van der Waals surface area contributed by atoms with Gasteiger partial charge in [-0.3, -0.25) is 14.4 Å². The molecule has 0 rings (SSSR count). The van der Waals surface area contributed by atoms with Crippen LogP contribution in [0, 0.1) is 0 Å². The number of thiol groups is 3. The average molecular weight is 363 g/mol.